The van der Waals surface area contributed by atoms with E-state index in [4.69, 9.17) is 16.3 Å². The van der Waals surface area contributed by atoms with Gasteiger partial charge in [0.15, 0.2) is 0 Å². The summed E-state index contributed by atoms with van der Waals surface area (Å²) in [5, 5.41) is -0.541. The molecule has 1 aromatic rings. The molecule has 0 saturated carbocycles. The molecule has 1 aliphatic rings. The van der Waals surface area contributed by atoms with Crippen molar-refractivity contribution in [1.29, 1.82) is 0 Å². The Morgan fingerprint density at radius 3 is 2.60 bits per heavy atom. The molecule has 4 nitrogen and oxygen atoms in total. The summed E-state index contributed by atoms with van der Waals surface area (Å²) in [4.78, 5) is -0.471. The normalized spacial score (nSPS) is 20.3. The second-order valence-electron chi connectivity index (χ2n) is 4.32. The largest absolute Gasteiger partial charge is 0.417 e. The van der Waals surface area contributed by atoms with Crippen LogP contribution in [0.4, 0.5) is 13.2 Å². The van der Waals surface area contributed by atoms with Gasteiger partial charge in [-0.1, -0.05) is 11.6 Å². The maximum Gasteiger partial charge on any atom is 0.417 e. The van der Waals surface area contributed by atoms with E-state index in [-0.39, 0.29) is 6.61 Å². The van der Waals surface area contributed by atoms with Crippen LogP contribution in [0.3, 0.4) is 0 Å². The summed E-state index contributed by atoms with van der Waals surface area (Å²) >= 11 is 5.45. The van der Waals surface area contributed by atoms with E-state index in [0.29, 0.717) is 19.1 Å². The quantitative estimate of drug-likeness (QED) is 0.926. The molecule has 2 rings (SSSR count). The summed E-state index contributed by atoms with van der Waals surface area (Å²) in [6, 6.07) is 2.06. The predicted molar refractivity (Wildman–Crippen MR) is 66.0 cm³/mol. The Balaban J connectivity index is 2.32. The minimum absolute atomic E-state index is 0.207. The molecule has 112 valence electrons. The van der Waals surface area contributed by atoms with Gasteiger partial charge in [0.2, 0.25) is 10.0 Å². The second kappa shape index (κ2) is 5.51. The standard InChI is InChI=1S/C11H11ClF3NO3S/c12-10-2-1-8(5-9(10)11(13,14)15)20(17,18)16-7-3-4-19-6-7/h1-2,5,7,16H,3-4,6H2. The fourth-order valence-corrected chi connectivity index (χ4v) is 3.31. The van der Waals surface area contributed by atoms with Gasteiger partial charge >= 0.3 is 6.18 Å². The van der Waals surface area contributed by atoms with Crippen LogP contribution in [0.25, 0.3) is 0 Å². The lowest BCUT2D eigenvalue weighted by molar-refractivity contribution is -0.137. The van der Waals surface area contributed by atoms with E-state index in [2.05, 4.69) is 4.72 Å². The molecular weight excluding hydrogens is 319 g/mol. The topological polar surface area (TPSA) is 55.4 Å². The Labute approximate surface area is 118 Å². The minimum Gasteiger partial charge on any atom is -0.380 e. The van der Waals surface area contributed by atoms with Crippen LogP contribution in [-0.4, -0.2) is 27.7 Å². The maximum atomic E-state index is 12.7. The molecule has 1 unspecified atom stereocenters. The van der Waals surface area contributed by atoms with Crippen molar-refractivity contribution < 1.29 is 26.3 Å². The number of benzene rings is 1. The number of hydrogen-bond acceptors (Lipinski definition) is 3. The number of hydrogen-bond donors (Lipinski definition) is 1. The lowest BCUT2D eigenvalue weighted by atomic mass is 10.2. The molecule has 1 aliphatic heterocycles. The summed E-state index contributed by atoms with van der Waals surface area (Å²) in [6.07, 6.45) is -4.22. The van der Waals surface area contributed by atoms with Crippen LogP contribution in [0.2, 0.25) is 5.02 Å². The van der Waals surface area contributed by atoms with Crippen LogP contribution in [0.1, 0.15) is 12.0 Å². The van der Waals surface area contributed by atoms with Crippen molar-refractivity contribution >= 4 is 21.6 Å². The molecule has 1 N–H and O–H groups in total. The Kier molecular flexibility index (Phi) is 4.29. The lowest BCUT2D eigenvalue weighted by Crippen LogP contribution is -2.35. The highest BCUT2D eigenvalue weighted by molar-refractivity contribution is 7.89. The highest BCUT2D eigenvalue weighted by Gasteiger charge is 2.35. The van der Waals surface area contributed by atoms with Crippen LogP contribution in [-0.2, 0) is 20.9 Å². The van der Waals surface area contributed by atoms with Crippen LogP contribution in [0, 0.1) is 0 Å². The summed E-state index contributed by atoms with van der Waals surface area (Å²) in [5.74, 6) is 0. The van der Waals surface area contributed by atoms with Gasteiger partial charge in [0.25, 0.3) is 0 Å². The van der Waals surface area contributed by atoms with E-state index in [1.807, 2.05) is 0 Å². The Bertz CT molecular complexity index is 597. The van der Waals surface area contributed by atoms with Gasteiger partial charge in [-0.2, -0.15) is 13.2 Å². The first-order valence-corrected chi connectivity index (χ1v) is 7.53. The zero-order chi connectivity index (χ0) is 15.0. The molecule has 1 fully saturated rings. The number of alkyl halides is 3. The van der Waals surface area contributed by atoms with E-state index < -0.39 is 37.7 Å². The summed E-state index contributed by atoms with van der Waals surface area (Å²) in [7, 11) is -4.03. The van der Waals surface area contributed by atoms with Gasteiger partial charge in [-0.15, -0.1) is 0 Å². The third-order valence-corrected chi connectivity index (χ3v) is 4.65. The zero-order valence-corrected chi connectivity index (χ0v) is 11.6. The summed E-state index contributed by atoms with van der Waals surface area (Å²) < 4.78 is 69.4. The molecule has 1 aromatic carbocycles. The third-order valence-electron chi connectivity index (χ3n) is 2.81. The van der Waals surface area contributed by atoms with Crippen molar-refractivity contribution in [1.82, 2.24) is 4.72 Å². The van der Waals surface area contributed by atoms with Crippen LogP contribution >= 0.6 is 11.6 Å². The highest BCUT2D eigenvalue weighted by Crippen LogP contribution is 2.35. The highest BCUT2D eigenvalue weighted by atomic mass is 35.5. The molecule has 1 atom stereocenters. The second-order valence-corrected chi connectivity index (χ2v) is 6.44. The number of rotatable bonds is 3. The summed E-state index contributed by atoms with van der Waals surface area (Å²) in [6.45, 7) is 0.626. The van der Waals surface area contributed by atoms with Crippen molar-refractivity contribution in [3.8, 4) is 0 Å². The lowest BCUT2D eigenvalue weighted by Gasteiger charge is -2.14. The van der Waals surface area contributed by atoms with Crippen LogP contribution < -0.4 is 4.72 Å². The van der Waals surface area contributed by atoms with E-state index in [1.165, 1.54) is 0 Å². The molecular formula is C11H11ClF3NO3S. The molecule has 0 aliphatic carbocycles. The molecule has 0 bridgehead atoms. The van der Waals surface area contributed by atoms with Crippen molar-refractivity contribution in [3.05, 3.63) is 28.8 Å². The van der Waals surface area contributed by atoms with Crippen molar-refractivity contribution in [2.24, 2.45) is 0 Å². The average molecular weight is 330 g/mol. The van der Waals surface area contributed by atoms with Gasteiger partial charge in [-0.3, -0.25) is 0 Å². The molecule has 0 radical (unpaired) electrons. The first-order valence-electron chi connectivity index (χ1n) is 5.67. The van der Waals surface area contributed by atoms with E-state index in [0.717, 1.165) is 12.1 Å². The average Bonchev–Trinajstić information content (AvgIpc) is 2.79. The molecule has 0 aromatic heterocycles. The Morgan fingerprint density at radius 1 is 1.35 bits per heavy atom. The summed E-state index contributed by atoms with van der Waals surface area (Å²) in [5.41, 5.74) is -1.18. The molecule has 9 heteroatoms. The molecule has 1 saturated heterocycles. The first kappa shape index (κ1) is 15.6. The number of ether oxygens (including phenoxy) is 1. The number of halogens is 4. The van der Waals surface area contributed by atoms with Gasteiger partial charge in [0, 0.05) is 12.6 Å². The smallest absolute Gasteiger partial charge is 0.380 e. The van der Waals surface area contributed by atoms with Crippen LogP contribution in [0.15, 0.2) is 23.1 Å². The van der Waals surface area contributed by atoms with Gasteiger partial charge in [0.1, 0.15) is 0 Å². The molecule has 0 amide bonds. The number of nitrogens with one attached hydrogen (secondary N) is 1. The van der Waals surface area contributed by atoms with Gasteiger partial charge in [0.05, 0.1) is 22.1 Å². The fraction of sp³-hybridized carbons (Fsp3) is 0.455. The van der Waals surface area contributed by atoms with E-state index in [1.54, 1.807) is 0 Å². The van der Waals surface area contributed by atoms with Crippen molar-refractivity contribution in [2.75, 3.05) is 13.2 Å². The van der Waals surface area contributed by atoms with Gasteiger partial charge in [-0.25, -0.2) is 13.1 Å². The molecule has 0 spiro atoms. The van der Waals surface area contributed by atoms with Crippen LogP contribution in [0.5, 0.6) is 0 Å². The van der Waals surface area contributed by atoms with Gasteiger partial charge < -0.3 is 4.74 Å². The SMILES string of the molecule is O=S(=O)(NC1CCOC1)c1ccc(Cl)c(C(F)(F)F)c1. The molecule has 1 heterocycles. The van der Waals surface area contributed by atoms with Gasteiger partial charge in [-0.05, 0) is 24.6 Å². The number of sulfonamides is 1. The van der Waals surface area contributed by atoms with Crippen molar-refractivity contribution in [3.63, 3.8) is 0 Å². The van der Waals surface area contributed by atoms with Crippen molar-refractivity contribution in [2.45, 2.75) is 23.5 Å². The Morgan fingerprint density at radius 2 is 2.05 bits per heavy atom. The zero-order valence-electron chi connectivity index (χ0n) is 10.1. The fourth-order valence-electron chi connectivity index (χ4n) is 1.80. The minimum atomic E-state index is -4.71. The Hall–Kier alpha value is -0.830. The van der Waals surface area contributed by atoms with E-state index in [9.17, 15) is 21.6 Å². The predicted octanol–water partition coefficient (Wildman–Crippen LogP) is 2.43. The maximum absolute atomic E-state index is 12.7. The molecule has 20 heavy (non-hydrogen) atoms. The van der Waals surface area contributed by atoms with E-state index >= 15 is 0 Å². The monoisotopic (exact) mass is 329 g/mol. The first-order chi connectivity index (χ1) is 9.20. The third kappa shape index (κ3) is 3.43.